The highest BCUT2D eigenvalue weighted by molar-refractivity contribution is 9.10. The van der Waals surface area contributed by atoms with Crippen molar-refractivity contribution in [1.82, 2.24) is 10.2 Å². The number of benzene rings is 1. The van der Waals surface area contributed by atoms with Crippen molar-refractivity contribution in [1.29, 1.82) is 0 Å². The average Bonchev–Trinajstić information content (AvgIpc) is 2.77. The van der Waals surface area contributed by atoms with Crippen LogP contribution in [0.25, 0.3) is 10.6 Å². The molecule has 0 aliphatic rings. The molecule has 8 heteroatoms. The number of halogens is 5. The molecule has 0 amide bonds. The molecule has 1 aromatic heterocycles. The van der Waals surface area contributed by atoms with Crippen molar-refractivity contribution in [2.24, 2.45) is 0 Å². The Hall–Kier alpha value is -0.660. The summed E-state index contributed by atoms with van der Waals surface area (Å²) >= 11 is 10.1. The van der Waals surface area contributed by atoms with E-state index in [1.54, 1.807) is 0 Å². The van der Waals surface area contributed by atoms with Gasteiger partial charge in [0, 0.05) is 22.3 Å². The Kier molecular flexibility index (Phi) is 4.47. The van der Waals surface area contributed by atoms with Gasteiger partial charge in [-0.25, -0.2) is 0 Å². The van der Waals surface area contributed by atoms with Gasteiger partial charge in [-0.2, -0.15) is 13.2 Å². The van der Waals surface area contributed by atoms with Crippen LogP contribution in [0.1, 0.15) is 10.6 Å². The fraction of sp³-hybridized carbons (Fsp3) is 0.273. The van der Waals surface area contributed by atoms with Gasteiger partial charge in [-0.3, -0.25) is 0 Å². The van der Waals surface area contributed by atoms with Crippen molar-refractivity contribution in [3.05, 3.63) is 33.2 Å². The Morgan fingerprint density at radius 1 is 1.26 bits per heavy atom. The first-order valence-corrected chi connectivity index (χ1v) is 7.31. The highest BCUT2D eigenvalue weighted by atomic mass is 79.9. The van der Waals surface area contributed by atoms with Crippen LogP contribution in [0.5, 0.6) is 0 Å². The predicted molar refractivity (Wildman–Crippen MR) is 72.5 cm³/mol. The van der Waals surface area contributed by atoms with Gasteiger partial charge in [0.25, 0.3) is 0 Å². The van der Waals surface area contributed by atoms with E-state index in [9.17, 15) is 13.2 Å². The van der Waals surface area contributed by atoms with Crippen LogP contribution in [-0.4, -0.2) is 16.1 Å². The largest absolute Gasteiger partial charge is 0.416 e. The molecule has 0 bridgehead atoms. The van der Waals surface area contributed by atoms with Crippen LogP contribution in [0, 0.1) is 0 Å². The smallest absolute Gasteiger partial charge is 0.166 e. The van der Waals surface area contributed by atoms with Gasteiger partial charge in [0.05, 0.1) is 5.56 Å². The van der Waals surface area contributed by atoms with Gasteiger partial charge in [0.2, 0.25) is 0 Å². The van der Waals surface area contributed by atoms with Gasteiger partial charge in [-0.05, 0) is 18.2 Å². The van der Waals surface area contributed by atoms with Crippen LogP contribution in [0.15, 0.2) is 22.7 Å². The first-order chi connectivity index (χ1) is 8.91. The van der Waals surface area contributed by atoms with Crippen LogP contribution in [0.4, 0.5) is 13.2 Å². The lowest BCUT2D eigenvalue weighted by Gasteiger charge is -2.08. The van der Waals surface area contributed by atoms with Crippen LogP contribution < -0.4 is 0 Å². The second-order valence-corrected chi connectivity index (χ2v) is 5.93. The molecule has 0 unspecified atom stereocenters. The van der Waals surface area contributed by atoms with E-state index in [1.807, 2.05) is 0 Å². The molecule has 0 saturated carbocycles. The van der Waals surface area contributed by atoms with E-state index in [-0.39, 0.29) is 0 Å². The summed E-state index contributed by atoms with van der Waals surface area (Å²) in [5.41, 5.74) is -0.326. The first kappa shape index (κ1) is 14.7. The Balaban J connectivity index is 2.42. The van der Waals surface area contributed by atoms with Crippen molar-refractivity contribution < 1.29 is 13.2 Å². The quantitative estimate of drug-likeness (QED) is 0.727. The van der Waals surface area contributed by atoms with Crippen LogP contribution in [-0.2, 0) is 12.6 Å². The number of nitrogens with zero attached hydrogens (tertiary/aromatic N) is 2. The zero-order chi connectivity index (χ0) is 14.0. The number of rotatable bonds is 3. The van der Waals surface area contributed by atoms with E-state index in [0.717, 1.165) is 12.1 Å². The topological polar surface area (TPSA) is 25.8 Å². The minimum absolute atomic E-state index is 0.383. The summed E-state index contributed by atoms with van der Waals surface area (Å²) < 4.78 is 38.6. The van der Waals surface area contributed by atoms with Gasteiger partial charge in [-0.15, -0.1) is 21.8 Å². The second-order valence-electron chi connectivity index (χ2n) is 3.63. The second kappa shape index (κ2) is 5.76. The molecule has 0 aliphatic carbocycles. The molecule has 2 nitrogen and oxygen atoms in total. The lowest BCUT2D eigenvalue weighted by Crippen LogP contribution is -2.04. The third kappa shape index (κ3) is 3.46. The van der Waals surface area contributed by atoms with Crippen LogP contribution in [0.3, 0.4) is 0 Å². The first-order valence-electron chi connectivity index (χ1n) is 5.17. The van der Waals surface area contributed by atoms with E-state index in [1.165, 1.54) is 17.4 Å². The molecule has 0 fully saturated rings. The van der Waals surface area contributed by atoms with Gasteiger partial charge >= 0.3 is 6.18 Å². The van der Waals surface area contributed by atoms with Crippen molar-refractivity contribution in [3.63, 3.8) is 0 Å². The van der Waals surface area contributed by atoms with Gasteiger partial charge in [0.15, 0.2) is 0 Å². The summed E-state index contributed by atoms with van der Waals surface area (Å²) in [6.45, 7) is 0. The van der Waals surface area contributed by atoms with E-state index in [0.29, 0.717) is 32.4 Å². The maximum Gasteiger partial charge on any atom is 0.416 e. The van der Waals surface area contributed by atoms with Crippen molar-refractivity contribution in [2.45, 2.75) is 12.6 Å². The van der Waals surface area contributed by atoms with Crippen LogP contribution in [0.2, 0.25) is 0 Å². The lowest BCUT2D eigenvalue weighted by molar-refractivity contribution is -0.137. The lowest BCUT2D eigenvalue weighted by atomic mass is 10.1. The minimum Gasteiger partial charge on any atom is -0.166 e. The summed E-state index contributed by atoms with van der Waals surface area (Å²) in [5, 5.41) is 8.94. The zero-order valence-electron chi connectivity index (χ0n) is 9.34. The van der Waals surface area contributed by atoms with E-state index in [2.05, 4.69) is 26.1 Å². The fourth-order valence-electron chi connectivity index (χ4n) is 1.41. The SMILES string of the molecule is FC(F)(F)c1ccc(Br)c(-c2nnc(CCCl)s2)c1. The summed E-state index contributed by atoms with van der Waals surface area (Å²) in [4.78, 5) is 0. The molecule has 0 radical (unpaired) electrons. The summed E-state index contributed by atoms with van der Waals surface area (Å²) in [7, 11) is 0. The molecule has 2 rings (SSSR count). The average molecular weight is 372 g/mol. The van der Waals surface area contributed by atoms with E-state index >= 15 is 0 Å². The molecule has 0 aliphatic heterocycles. The normalized spacial score (nSPS) is 11.8. The highest BCUT2D eigenvalue weighted by Gasteiger charge is 2.31. The maximum atomic E-state index is 12.7. The molecule has 0 atom stereocenters. The van der Waals surface area contributed by atoms with Gasteiger partial charge in [0.1, 0.15) is 10.0 Å². The minimum atomic E-state index is -4.38. The Morgan fingerprint density at radius 3 is 2.63 bits per heavy atom. The molecular formula is C11H7BrClF3N2S. The van der Waals surface area contributed by atoms with Crippen molar-refractivity contribution >= 4 is 38.9 Å². The maximum absolute atomic E-state index is 12.7. The summed E-state index contributed by atoms with van der Waals surface area (Å²) in [5.74, 6) is 0.401. The third-order valence-corrected chi connectivity index (χ3v) is 4.20. The fourth-order valence-corrected chi connectivity index (χ4v) is 3.14. The number of hydrogen-bond acceptors (Lipinski definition) is 3. The number of aryl methyl sites for hydroxylation is 1. The number of aromatic nitrogens is 2. The van der Waals surface area contributed by atoms with Gasteiger partial charge in [-0.1, -0.05) is 27.3 Å². The standard InChI is InChI=1S/C11H7BrClF3N2S/c12-8-2-1-6(11(14,15)16)5-7(8)10-18-17-9(19-10)3-4-13/h1-2,5H,3-4H2. The van der Waals surface area contributed by atoms with E-state index < -0.39 is 11.7 Å². The summed E-state index contributed by atoms with van der Waals surface area (Å²) in [6, 6.07) is 3.45. The summed E-state index contributed by atoms with van der Waals surface area (Å²) in [6.07, 6.45) is -3.82. The molecule has 1 heterocycles. The molecule has 102 valence electrons. The zero-order valence-corrected chi connectivity index (χ0v) is 12.5. The van der Waals surface area contributed by atoms with Crippen molar-refractivity contribution in [3.8, 4) is 10.6 Å². The Bertz CT molecular complexity index is 586. The predicted octanol–water partition coefficient (Wildman–Crippen LogP) is 4.77. The van der Waals surface area contributed by atoms with Gasteiger partial charge < -0.3 is 0 Å². The number of alkyl halides is 4. The molecular weight excluding hydrogens is 365 g/mol. The monoisotopic (exact) mass is 370 g/mol. The van der Waals surface area contributed by atoms with Crippen LogP contribution >= 0.6 is 38.9 Å². The third-order valence-electron chi connectivity index (χ3n) is 2.30. The van der Waals surface area contributed by atoms with E-state index in [4.69, 9.17) is 11.6 Å². The molecule has 0 N–H and O–H groups in total. The molecule has 0 spiro atoms. The molecule has 2 aromatic rings. The molecule has 1 aromatic carbocycles. The Labute approximate surface area is 124 Å². The Morgan fingerprint density at radius 2 is 2.00 bits per heavy atom. The molecule has 19 heavy (non-hydrogen) atoms. The molecule has 0 saturated heterocycles. The highest BCUT2D eigenvalue weighted by Crippen LogP contribution is 2.36. The van der Waals surface area contributed by atoms with Crippen molar-refractivity contribution in [2.75, 3.05) is 5.88 Å². The number of hydrogen-bond donors (Lipinski definition) is 0.